The van der Waals surface area contributed by atoms with Gasteiger partial charge in [-0.05, 0) is 36.1 Å². The van der Waals surface area contributed by atoms with Gasteiger partial charge < -0.3 is 4.74 Å². The first-order chi connectivity index (χ1) is 9.53. The number of allylic oxidation sites excluding steroid dienone is 1. The molecular formula is C16H19BrO3. The Kier molecular flexibility index (Phi) is 6.65. The Labute approximate surface area is 128 Å². The summed E-state index contributed by atoms with van der Waals surface area (Å²) in [4.78, 5) is 23.1. The molecule has 4 heteroatoms. The van der Waals surface area contributed by atoms with Crippen molar-refractivity contribution in [3.63, 3.8) is 0 Å². The highest BCUT2D eigenvalue weighted by Crippen LogP contribution is 2.19. The molecule has 0 heterocycles. The highest BCUT2D eigenvalue weighted by molar-refractivity contribution is 9.09. The Balaban J connectivity index is 2.94. The number of rotatable bonds is 6. The van der Waals surface area contributed by atoms with Crippen molar-refractivity contribution in [2.24, 2.45) is 0 Å². The molecule has 1 aromatic rings. The van der Waals surface area contributed by atoms with Gasteiger partial charge in [0.25, 0.3) is 0 Å². The highest BCUT2D eigenvalue weighted by atomic mass is 79.9. The smallest absolute Gasteiger partial charge is 0.312 e. The molecule has 1 aromatic carbocycles. The number of esters is 1. The first-order valence-corrected chi connectivity index (χ1v) is 7.63. The molecule has 1 atom stereocenters. The number of hydrogen-bond acceptors (Lipinski definition) is 3. The maximum absolute atomic E-state index is 11.7. The van der Waals surface area contributed by atoms with Gasteiger partial charge in [0, 0.05) is 0 Å². The average Bonchev–Trinajstić information content (AvgIpc) is 2.50. The fraction of sp³-hybridized carbons (Fsp3) is 0.375. The summed E-state index contributed by atoms with van der Waals surface area (Å²) in [5.74, 6) is -0.440. The Morgan fingerprint density at radius 1 is 1.30 bits per heavy atom. The molecule has 0 saturated heterocycles. The largest absolute Gasteiger partial charge is 0.469 e. The summed E-state index contributed by atoms with van der Waals surface area (Å²) < 4.78 is 4.72. The molecule has 0 aliphatic carbocycles. The third-order valence-corrected chi connectivity index (χ3v) is 3.70. The number of benzene rings is 1. The number of methoxy groups -OCH3 is 1. The first-order valence-electron chi connectivity index (χ1n) is 6.51. The second kappa shape index (κ2) is 8.00. The number of carbonyl (C=O) groups excluding carboxylic acids is 2. The molecule has 0 fully saturated rings. The number of carbonyl (C=O) groups is 2. The Bertz CT molecular complexity index is 503. The van der Waals surface area contributed by atoms with Gasteiger partial charge in [0.1, 0.15) is 0 Å². The molecule has 0 bridgehead atoms. The molecule has 1 unspecified atom stereocenters. The number of ketones is 1. The summed E-state index contributed by atoms with van der Waals surface area (Å²) in [6.45, 7) is 3.77. The van der Waals surface area contributed by atoms with Gasteiger partial charge in [-0.15, -0.1) is 0 Å². The first kappa shape index (κ1) is 16.6. The van der Waals surface area contributed by atoms with Gasteiger partial charge in [0.05, 0.1) is 18.4 Å². The van der Waals surface area contributed by atoms with Gasteiger partial charge in [-0.3, -0.25) is 9.59 Å². The second-order valence-corrected chi connectivity index (χ2v) is 5.05. The van der Waals surface area contributed by atoms with Crippen LogP contribution in [0.1, 0.15) is 37.3 Å². The summed E-state index contributed by atoms with van der Waals surface area (Å²) in [6, 6.07) is 7.59. The van der Waals surface area contributed by atoms with Crippen LogP contribution in [0.2, 0.25) is 0 Å². The van der Waals surface area contributed by atoms with Crippen LogP contribution in [0, 0.1) is 0 Å². The van der Waals surface area contributed by atoms with Crippen LogP contribution in [-0.4, -0.2) is 24.2 Å². The van der Waals surface area contributed by atoms with E-state index in [1.54, 1.807) is 0 Å². The quantitative estimate of drug-likeness (QED) is 0.451. The fourth-order valence-corrected chi connectivity index (χ4v) is 2.22. The standard InChI is InChI=1S/C16H19BrO3/c1-4-13(15(18)10-17)9-12-5-7-14(8-6-12)11(2)16(19)20-3/h5-9,11H,4,10H2,1-3H3. The summed E-state index contributed by atoms with van der Waals surface area (Å²) in [6.07, 6.45) is 2.58. The maximum Gasteiger partial charge on any atom is 0.312 e. The van der Waals surface area contributed by atoms with Crippen molar-refractivity contribution >= 4 is 33.8 Å². The van der Waals surface area contributed by atoms with Crippen LogP contribution in [0.4, 0.5) is 0 Å². The fourth-order valence-electron chi connectivity index (χ4n) is 1.86. The van der Waals surface area contributed by atoms with Gasteiger partial charge >= 0.3 is 5.97 Å². The molecule has 0 saturated carbocycles. The molecule has 0 aliphatic rings. The van der Waals surface area contributed by atoms with Crippen LogP contribution in [0.15, 0.2) is 29.8 Å². The van der Waals surface area contributed by atoms with E-state index in [0.717, 1.165) is 16.7 Å². The van der Waals surface area contributed by atoms with Crippen LogP contribution in [0.5, 0.6) is 0 Å². The molecule has 0 aliphatic heterocycles. The van der Waals surface area contributed by atoms with Crippen molar-refractivity contribution in [3.05, 3.63) is 41.0 Å². The second-order valence-electron chi connectivity index (χ2n) is 4.49. The lowest BCUT2D eigenvalue weighted by Crippen LogP contribution is -2.10. The van der Waals surface area contributed by atoms with Crippen LogP contribution in [0.25, 0.3) is 6.08 Å². The summed E-state index contributed by atoms with van der Waals surface area (Å²) in [5, 5.41) is 0.337. The van der Waals surface area contributed by atoms with Gasteiger partial charge in [0.15, 0.2) is 5.78 Å². The number of halogens is 1. The number of Topliss-reactive ketones (excluding diaryl/α,β-unsaturated/α-hetero) is 1. The van der Waals surface area contributed by atoms with Crippen molar-refractivity contribution in [2.45, 2.75) is 26.2 Å². The van der Waals surface area contributed by atoms with Crippen molar-refractivity contribution in [1.82, 2.24) is 0 Å². The van der Waals surface area contributed by atoms with E-state index in [1.807, 2.05) is 44.2 Å². The Hall–Kier alpha value is -1.42. The van der Waals surface area contributed by atoms with Crippen LogP contribution in [0.3, 0.4) is 0 Å². The van der Waals surface area contributed by atoms with Gasteiger partial charge in [-0.2, -0.15) is 0 Å². The Morgan fingerprint density at radius 2 is 1.90 bits per heavy atom. The molecule has 0 radical (unpaired) electrons. The minimum atomic E-state index is -0.284. The van der Waals surface area contributed by atoms with Gasteiger partial charge in [0.2, 0.25) is 0 Å². The van der Waals surface area contributed by atoms with E-state index in [1.165, 1.54) is 7.11 Å². The molecule has 20 heavy (non-hydrogen) atoms. The van der Waals surface area contributed by atoms with Crippen LogP contribution >= 0.6 is 15.9 Å². The minimum Gasteiger partial charge on any atom is -0.469 e. The number of alkyl halides is 1. The van der Waals surface area contributed by atoms with E-state index in [2.05, 4.69) is 15.9 Å². The SMILES string of the molecule is CCC(=Cc1ccc(C(C)C(=O)OC)cc1)C(=O)CBr. The molecule has 0 N–H and O–H groups in total. The lowest BCUT2D eigenvalue weighted by Gasteiger charge is -2.09. The third-order valence-electron chi connectivity index (χ3n) is 3.19. The zero-order valence-electron chi connectivity index (χ0n) is 12.0. The molecule has 0 amide bonds. The van der Waals surface area contributed by atoms with E-state index < -0.39 is 0 Å². The third kappa shape index (κ3) is 4.30. The lowest BCUT2D eigenvalue weighted by molar-refractivity contribution is -0.142. The average molecular weight is 339 g/mol. The normalized spacial score (nSPS) is 12.9. The van der Waals surface area contributed by atoms with Crippen molar-refractivity contribution in [2.75, 3.05) is 12.4 Å². The van der Waals surface area contributed by atoms with Crippen LogP contribution in [-0.2, 0) is 14.3 Å². The predicted octanol–water partition coefficient (Wildman–Crippen LogP) is 3.72. The Morgan fingerprint density at radius 3 is 2.35 bits per heavy atom. The van der Waals surface area contributed by atoms with Gasteiger partial charge in [-0.25, -0.2) is 0 Å². The van der Waals surface area contributed by atoms with E-state index in [4.69, 9.17) is 4.74 Å². The van der Waals surface area contributed by atoms with E-state index >= 15 is 0 Å². The predicted molar refractivity (Wildman–Crippen MR) is 83.9 cm³/mol. The molecule has 1 rings (SSSR count). The topological polar surface area (TPSA) is 43.4 Å². The van der Waals surface area contributed by atoms with Crippen molar-refractivity contribution in [1.29, 1.82) is 0 Å². The van der Waals surface area contributed by atoms with Crippen molar-refractivity contribution in [3.8, 4) is 0 Å². The lowest BCUT2D eigenvalue weighted by atomic mass is 9.98. The zero-order valence-corrected chi connectivity index (χ0v) is 13.6. The van der Waals surface area contributed by atoms with Crippen LogP contribution < -0.4 is 0 Å². The summed E-state index contributed by atoms with van der Waals surface area (Å²) in [5.41, 5.74) is 2.64. The maximum atomic E-state index is 11.7. The minimum absolute atomic E-state index is 0.0968. The van der Waals surface area contributed by atoms with E-state index in [-0.39, 0.29) is 17.7 Å². The van der Waals surface area contributed by atoms with E-state index in [9.17, 15) is 9.59 Å². The zero-order chi connectivity index (χ0) is 15.1. The summed E-state index contributed by atoms with van der Waals surface area (Å²) >= 11 is 3.18. The molecule has 0 spiro atoms. The van der Waals surface area contributed by atoms with Crippen molar-refractivity contribution < 1.29 is 14.3 Å². The summed E-state index contributed by atoms with van der Waals surface area (Å²) in [7, 11) is 1.38. The molecule has 108 valence electrons. The van der Waals surface area contributed by atoms with Gasteiger partial charge in [-0.1, -0.05) is 47.1 Å². The molecule has 3 nitrogen and oxygen atoms in total. The molecule has 0 aromatic heterocycles. The number of ether oxygens (including phenoxy) is 1. The number of hydrogen-bond donors (Lipinski definition) is 0. The highest BCUT2D eigenvalue weighted by Gasteiger charge is 2.15. The van der Waals surface area contributed by atoms with E-state index in [0.29, 0.717) is 11.8 Å². The monoisotopic (exact) mass is 338 g/mol. The molecular weight excluding hydrogens is 320 g/mol.